The van der Waals surface area contributed by atoms with Gasteiger partial charge in [0.25, 0.3) is 0 Å². The van der Waals surface area contributed by atoms with Crippen molar-refractivity contribution in [2.24, 2.45) is 5.73 Å². The minimum atomic E-state index is -0.531. The van der Waals surface area contributed by atoms with Crippen molar-refractivity contribution in [3.8, 4) is 11.5 Å². The van der Waals surface area contributed by atoms with Gasteiger partial charge in [-0.1, -0.05) is 12.1 Å². The zero-order valence-corrected chi connectivity index (χ0v) is 13.6. The van der Waals surface area contributed by atoms with Gasteiger partial charge >= 0.3 is 7.12 Å². The predicted molar refractivity (Wildman–Crippen MR) is 82.6 cm³/mol. The van der Waals surface area contributed by atoms with Crippen molar-refractivity contribution in [2.75, 3.05) is 14.2 Å². The largest absolute Gasteiger partial charge is 0.493 e. The van der Waals surface area contributed by atoms with Gasteiger partial charge in [-0.25, -0.2) is 0 Å². The van der Waals surface area contributed by atoms with E-state index in [2.05, 4.69) is 0 Å². The van der Waals surface area contributed by atoms with Crippen molar-refractivity contribution in [3.05, 3.63) is 23.8 Å². The topological polar surface area (TPSA) is 62.9 Å². The lowest BCUT2D eigenvalue weighted by Crippen LogP contribution is -2.41. The fraction of sp³-hybridized carbons (Fsp3) is 0.600. The molecule has 1 fully saturated rings. The van der Waals surface area contributed by atoms with Crippen LogP contribution in [0.4, 0.5) is 0 Å². The summed E-state index contributed by atoms with van der Waals surface area (Å²) in [6.45, 7) is 8.01. The highest BCUT2D eigenvalue weighted by atomic mass is 16.7. The van der Waals surface area contributed by atoms with Gasteiger partial charge in [0, 0.05) is 5.56 Å². The average Bonchev–Trinajstić information content (AvgIpc) is 2.65. The lowest BCUT2D eigenvalue weighted by Gasteiger charge is -2.32. The molecule has 1 aromatic carbocycles. The molecule has 1 aliphatic rings. The van der Waals surface area contributed by atoms with Crippen LogP contribution in [0, 0.1) is 0 Å². The molecule has 0 radical (unpaired) electrons. The van der Waals surface area contributed by atoms with Gasteiger partial charge in [-0.3, -0.25) is 0 Å². The van der Waals surface area contributed by atoms with Crippen molar-refractivity contribution < 1.29 is 18.8 Å². The lowest BCUT2D eigenvalue weighted by atomic mass is 9.74. The molecule has 0 saturated carbocycles. The van der Waals surface area contributed by atoms with Gasteiger partial charge in [-0.2, -0.15) is 0 Å². The molecule has 0 aromatic heterocycles. The number of ether oxygens (including phenoxy) is 2. The van der Waals surface area contributed by atoms with Gasteiger partial charge in [-0.05, 0) is 33.8 Å². The SMILES string of the molecule is COc1cccc([C@@H](N)B2OC(C)(C)C(C)(C)O2)c1OC. The highest BCUT2D eigenvalue weighted by Crippen LogP contribution is 2.42. The van der Waals surface area contributed by atoms with Crippen molar-refractivity contribution in [3.63, 3.8) is 0 Å². The van der Waals surface area contributed by atoms with Crippen LogP contribution in [0.1, 0.15) is 39.2 Å². The van der Waals surface area contributed by atoms with Crippen molar-refractivity contribution in [1.82, 2.24) is 0 Å². The van der Waals surface area contributed by atoms with Crippen LogP contribution in [0.25, 0.3) is 0 Å². The Morgan fingerprint density at radius 2 is 1.62 bits per heavy atom. The molecule has 0 amide bonds. The maximum absolute atomic E-state index is 6.36. The summed E-state index contributed by atoms with van der Waals surface area (Å²) in [5.41, 5.74) is 6.33. The lowest BCUT2D eigenvalue weighted by molar-refractivity contribution is 0.00578. The minimum Gasteiger partial charge on any atom is -0.493 e. The molecule has 116 valence electrons. The van der Waals surface area contributed by atoms with Crippen molar-refractivity contribution in [2.45, 2.75) is 44.8 Å². The smallest absolute Gasteiger partial charge is 0.480 e. The number of hydrogen-bond donors (Lipinski definition) is 1. The molecule has 2 rings (SSSR count). The van der Waals surface area contributed by atoms with Gasteiger partial charge in [-0.15, -0.1) is 0 Å². The van der Waals surface area contributed by atoms with Gasteiger partial charge in [0.1, 0.15) is 0 Å². The molecule has 1 atom stereocenters. The molecule has 2 N–H and O–H groups in total. The summed E-state index contributed by atoms with van der Waals surface area (Å²) in [5.74, 6) is 0.792. The number of rotatable bonds is 4. The Hall–Kier alpha value is -1.24. The van der Waals surface area contributed by atoms with Crippen LogP contribution in [0.15, 0.2) is 18.2 Å². The Balaban J connectivity index is 2.32. The third kappa shape index (κ3) is 2.75. The van der Waals surface area contributed by atoms with Crippen LogP contribution in [0.3, 0.4) is 0 Å². The van der Waals surface area contributed by atoms with Gasteiger partial charge < -0.3 is 24.5 Å². The Bertz CT molecular complexity index is 502. The summed E-state index contributed by atoms with van der Waals surface area (Å²) in [5, 5.41) is 0. The van der Waals surface area contributed by atoms with Crippen LogP contribution in [-0.4, -0.2) is 32.5 Å². The van der Waals surface area contributed by atoms with E-state index in [1.54, 1.807) is 14.2 Å². The molecule has 0 aliphatic carbocycles. The molecule has 0 bridgehead atoms. The first-order valence-electron chi connectivity index (χ1n) is 7.05. The summed E-state index contributed by atoms with van der Waals surface area (Å²) in [6.07, 6.45) is 0. The summed E-state index contributed by atoms with van der Waals surface area (Å²) in [4.78, 5) is 0. The highest BCUT2D eigenvalue weighted by molar-refractivity contribution is 6.47. The molecule has 5 nitrogen and oxygen atoms in total. The first-order chi connectivity index (χ1) is 9.73. The second kappa shape index (κ2) is 5.52. The highest BCUT2D eigenvalue weighted by Gasteiger charge is 2.53. The zero-order valence-electron chi connectivity index (χ0n) is 13.6. The Labute approximate surface area is 126 Å². The molecular formula is C15H24BNO4. The summed E-state index contributed by atoms with van der Waals surface area (Å²) in [6, 6.07) is 5.61. The van der Waals surface area contributed by atoms with Crippen LogP contribution >= 0.6 is 0 Å². The molecule has 6 heteroatoms. The van der Waals surface area contributed by atoms with E-state index in [4.69, 9.17) is 24.5 Å². The second-order valence-electron chi connectivity index (χ2n) is 6.23. The standard InChI is InChI=1S/C15H24BNO4/c1-14(2)15(3,4)21-16(20-14)13(17)10-8-7-9-11(18-5)12(10)19-6/h7-9,13H,17H2,1-6H3/t13-/m1/s1. The fourth-order valence-electron chi connectivity index (χ4n) is 2.36. The molecule has 1 saturated heterocycles. The van der Waals surface area contributed by atoms with Crippen molar-refractivity contribution in [1.29, 1.82) is 0 Å². The Morgan fingerprint density at radius 3 is 2.10 bits per heavy atom. The molecule has 0 unspecified atom stereocenters. The maximum atomic E-state index is 6.36. The normalized spacial score (nSPS) is 21.2. The molecular weight excluding hydrogens is 269 g/mol. The fourth-order valence-corrected chi connectivity index (χ4v) is 2.36. The van der Waals surface area contributed by atoms with E-state index in [9.17, 15) is 0 Å². The first kappa shape index (κ1) is 16.1. The molecule has 0 spiro atoms. The predicted octanol–water partition coefficient (Wildman–Crippen LogP) is 2.33. The maximum Gasteiger partial charge on any atom is 0.480 e. The van der Waals surface area contributed by atoms with Crippen LogP contribution in [0.5, 0.6) is 11.5 Å². The van der Waals surface area contributed by atoms with E-state index >= 15 is 0 Å². The van der Waals surface area contributed by atoms with E-state index < -0.39 is 24.3 Å². The number of methoxy groups -OCH3 is 2. The Morgan fingerprint density at radius 1 is 1.05 bits per heavy atom. The first-order valence-corrected chi connectivity index (χ1v) is 7.05. The monoisotopic (exact) mass is 293 g/mol. The summed E-state index contributed by atoms with van der Waals surface area (Å²) >= 11 is 0. The van der Waals surface area contributed by atoms with E-state index in [1.807, 2.05) is 45.9 Å². The van der Waals surface area contributed by atoms with Crippen molar-refractivity contribution >= 4 is 7.12 Å². The van der Waals surface area contributed by atoms with E-state index in [-0.39, 0.29) is 0 Å². The number of nitrogens with two attached hydrogens (primary N) is 1. The van der Waals surface area contributed by atoms with E-state index in [0.717, 1.165) is 5.56 Å². The van der Waals surface area contributed by atoms with Gasteiger partial charge in [0.05, 0.1) is 31.4 Å². The summed E-state index contributed by atoms with van der Waals surface area (Å²) in [7, 11) is 2.66. The van der Waals surface area contributed by atoms with Crippen LogP contribution in [0.2, 0.25) is 0 Å². The van der Waals surface area contributed by atoms with Gasteiger partial charge in [0.2, 0.25) is 0 Å². The van der Waals surface area contributed by atoms with Gasteiger partial charge in [0.15, 0.2) is 11.5 Å². The second-order valence-corrected chi connectivity index (χ2v) is 6.23. The number of benzene rings is 1. The number of hydrogen-bond acceptors (Lipinski definition) is 5. The van der Waals surface area contributed by atoms with E-state index in [1.165, 1.54) is 0 Å². The van der Waals surface area contributed by atoms with Crippen LogP contribution in [-0.2, 0) is 9.31 Å². The average molecular weight is 293 g/mol. The minimum absolute atomic E-state index is 0.415. The zero-order chi connectivity index (χ0) is 15.8. The molecule has 21 heavy (non-hydrogen) atoms. The van der Waals surface area contributed by atoms with Crippen LogP contribution < -0.4 is 15.2 Å². The Kier molecular flexibility index (Phi) is 4.24. The molecule has 1 aromatic rings. The third-order valence-corrected chi connectivity index (χ3v) is 4.36. The summed E-state index contributed by atoms with van der Waals surface area (Å²) < 4.78 is 22.8. The van der Waals surface area contributed by atoms with E-state index in [0.29, 0.717) is 11.5 Å². The number of para-hydroxylation sites is 1. The molecule has 1 heterocycles. The molecule has 1 aliphatic heterocycles. The third-order valence-electron chi connectivity index (χ3n) is 4.36. The quantitative estimate of drug-likeness (QED) is 0.863.